The van der Waals surface area contributed by atoms with E-state index in [2.05, 4.69) is 0 Å². The first kappa shape index (κ1) is 21.1. The van der Waals surface area contributed by atoms with E-state index < -0.39 is 17.8 Å². The minimum Gasteiger partial charge on any atom is -0.493 e. The number of nitrogens with zero attached hydrogens (tertiary/aromatic N) is 1. The molecule has 0 unspecified atom stereocenters. The monoisotopic (exact) mass is 409 g/mol. The molecule has 0 aliphatic carbocycles. The van der Waals surface area contributed by atoms with Crippen LogP contribution in [0.4, 0.5) is 0 Å². The van der Waals surface area contributed by atoms with Gasteiger partial charge in [0.05, 0.1) is 20.1 Å². The van der Waals surface area contributed by atoms with Crippen LogP contribution in [0, 0.1) is 0 Å². The molecule has 0 saturated carbocycles. The molecule has 1 aliphatic rings. The van der Waals surface area contributed by atoms with Gasteiger partial charge in [0.15, 0.2) is 11.5 Å². The van der Waals surface area contributed by atoms with E-state index in [0.29, 0.717) is 40.4 Å². The second kappa shape index (κ2) is 9.26. The van der Waals surface area contributed by atoms with Gasteiger partial charge in [-0.25, -0.2) is 0 Å². The Balaban J connectivity index is 2.03. The Morgan fingerprint density at radius 1 is 1.07 bits per heavy atom. The lowest BCUT2D eigenvalue weighted by Crippen LogP contribution is -2.42. The van der Waals surface area contributed by atoms with Crippen molar-refractivity contribution in [2.75, 3.05) is 20.3 Å². The Hall–Kier alpha value is -3.61. The van der Waals surface area contributed by atoms with Gasteiger partial charge in [0.2, 0.25) is 0 Å². The van der Waals surface area contributed by atoms with E-state index in [0.717, 1.165) is 11.3 Å². The van der Waals surface area contributed by atoms with Gasteiger partial charge < -0.3 is 14.6 Å². The van der Waals surface area contributed by atoms with Crippen LogP contribution >= 0.6 is 0 Å². The summed E-state index contributed by atoms with van der Waals surface area (Å²) in [7, 11) is 1.54. The van der Waals surface area contributed by atoms with E-state index >= 15 is 0 Å². The molecule has 0 fully saturated rings. The fourth-order valence-electron chi connectivity index (χ4n) is 3.22. The van der Waals surface area contributed by atoms with E-state index in [4.69, 9.17) is 14.6 Å². The zero-order chi connectivity index (χ0) is 21.7. The molecule has 0 bridgehead atoms. The largest absolute Gasteiger partial charge is 0.493 e. The van der Waals surface area contributed by atoms with Crippen molar-refractivity contribution < 1.29 is 29.0 Å². The van der Waals surface area contributed by atoms with Crippen LogP contribution in [0.3, 0.4) is 0 Å². The highest BCUT2D eigenvalue weighted by Crippen LogP contribution is 2.33. The van der Waals surface area contributed by atoms with Gasteiger partial charge in [0.25, 0.3) is 11.8 Å². The van der Waals surface area contributed by atoms with Crippen molar-refractivity contribution in [3.63, 3.8) is 0 Å². The van der Waals surface area contributed by atoms with E-state index in [9.17, 15) is 14.4 Å². The minimum absolute atomic E-state index is 0.189. The fourth-order valence-corrected chi connectivity index (χ4v) is 3.22. The predicted molar refractivity (Wildman–Crippen MR) is 111 cm³/mol. The van der Waals surface area contributed by atoms with Crippen LogP contribution < -0.4 is 9.47 Å². The van der Waals surface area contributed by atoms with E-state index in [1.807, 2.05) is 6.92 Å². The first-order chi connectivity index (χ1) is 14.5. The molecular weight excluding hydrogens is 386 g/mol. The van der Waals surface area contributed by atoms with Crippen molar-refractivity contribution in [3.8, 4) is 11.5 Å². The highest BCUT2D eigenvalue weighted by atomic mass is 16.5. The molecule has 2 amide bonds. The van der Waals surface area contributed by atoms with Crippen LogP contribution in [0.2, 0.25) is 0 Å². The third kappa shape index (κ3) is 4.35. The van der Waals surface area contributed by atoms with Crippen molar-refractivity contribution >= 4 is 29.4 Å². The van der Waals surface area contributed by atoms with Crippen molar-refractivity contribution in [1.29, 1.82) is 0 Å². The van der Waals surface area contributed by atoms with Gasteiger partial charge in [0.1, 0.15) is 0 Å². The molecule has 1 heterocycles. The summed E-state index contributed by atoms with van der Waals surface area (Å²) in [5.74, 6) is -0.948. The molecule has 2 aromatic carbocycles. The van der Waals surface area contributed by atoms with Crippen molar-refractivity contribution in [2.24, 2.45) is 0 Å². The Morgan fingerprint density at radius 3 is 2.47 bits per heavy atom. The van der Waals surface area contributed by atoms with Gasteiger partial charge in [-0.15, -0.1) is 0 Å². The SMILES string of the molecule is CCCOc1ccc(/C=C2\C(=O)N(CCC(=O)O)C(=O)c3ccccc32)cc1OC. The number of rotatable bonds is 8. The van der Waals surface area contributed by atoms with Gasteiger partial charge >= 0.3 is 5.97 Å². The smallest absolute Gasteiger partial charge is 0.305 e. The number of ether oxygens (including phenoxy) is 2. The molecule has 30 heavy (non-hydrogen) atoms. The highest BCUT2D eigenvalue weighted by molar-refractivity contribution is 6.33. The topological polar surface area (TPSA) is 93.1 Å². The normalized spacial score (nSPS) is 14.6. The Labute approximate surface area is 174 Å². The summed E-state index contributed by atoms with van der Waals surface area (Å²) in [6, 6.07) is 12.1. The van der Waals surface area contributed by atoms with Gasteiger partial charge in [0, 0.05) is 17.7 Å². The molecule has 0 atom stereocenters. The molecule has 156 valence electrons. The lowest BCUT2D eigenvalue weighted by atomic mass is 9.92. The minimum atomic E-state index is -1.08. The van der Waals surface area contributed by atoms with Crippen LogP contribution in [0.1, 0.15) is 41.3 Å². The third-order valence-electron chi connectivity index (χ3n) is 4.68. The molecule has 0 spiro atoms. The van der Waals surface area contributed by atoms with E-state index in [1.165, 1.54) is 0 Å². The van der Waals surface area contributed by atoms with Gasteiger partial charge in [-0.05, 0) is 41.8 Å². The zero-order valence-electron chi connectivity index (χ0n) is 16.9. The summed E-state index contributed by atoms with van der Waals surface area (Å²) >= 11 is 0. The first-order valence-corrected chi connectivity index (χ1v) is 9.66. The number of benzene rings is 2. The predicted octanol–water partition coefficient (Wildman–Crippen LogP) is 3.48. The number of carboxylic acid groups (broad SMARTS) is 1. The lowest BCUT2D eigenvalue weighted by Gasteiger charge is -2.28. The molecule has 1 N–H and O–H groups in total. The number of methoxy groups -OCH3 is 1. The van der Waals surface area contributed by atoms with Crippen LogP contribution in [-0.2, 0) is 9.59 Å². The summed E-state index contributed by atoms with van der Waals surface area (Å²) < 4.78 is 11.1. The second-order valence-corrected chi connectivity index (χ2v) is 6.77. The Bertz CT molecular complexity index is 1010. The molecule has 1 aliphatic heterocycles. The van der Waals surface area contributed by atoms with Crippen molar-refractivity contribution in [1.82, 2.24) is 4.90 Å². The van der Waals surface area contributed by atoms with Crippen LogP contribution in [0.25, 0.3) is 11.6 Å². The van der Waals surface area contributed by atoms with Crippen LogP contribution in [0.15, 0.2) is 42.5 Å². The Kier molecular flexibility index (Phi) is 6.51. The number of imide groups is 1. The molecule has 7 heteroatoms. The number of hydrogen-bond donors (Lipinski definition) is 1. The fraction of sp³-hybridized carbons (Fsp3) is 0.261. The number of carboxylic acids is 1. The molecular formula is C23H23NO6. The number of carbonyl (C=O) groups excluding carboxylic acids is 2. The van der Waals surface area contributed by atoms with E-state index in [1.54, 1.807) is 55.7 Å². The molecule has 0 radical (unpaired) electrons. The van der Waals surface area contributed by atoms with Crippen LogP contribution in [0.5, 0.6) is 11.5 Å². The highest BCUT2D eigenvalue weighted by Gasteiger charge is 2.34. The number of amides is 2. The number of fused-ring (bicyclic) bond motifs is 1. The van der Waals surface area contributed by atoms with Gasteiger partial charge in [-0.3, -0.25) is 19.3 Å². The Morgan fingerprint density at radius 2 is 1.80 bits per heavy atom. The molecule has 0 saturated heterocycles. The standard InChI is InChI=1S/C23H23NO6/c1-3-12-30-19-9-8-15(14-20(19)29-2)13-18-16-6-4-5-7-17(16)22(27)24(23(18)28)11-10-21(25)26/h4-9,13-14H,3,10-12H2,1-2H3,(H,25,26)/b18-13-. The third-order valence-corrected chi connectivity index (χ3v) is 4.68. The van der Waals surface area contributed by atoms with Crippen molar-refractivity contribution in [2.45, 2.75) is 19.8 Å². The quantitative estimate of drug-likeness (QED) is 0.530. The first-order valence-electron chi connectivity index (χ1n) is 9.66. The summed E-state index contributed by atoms with van der Waals surface area (Å²) in [6.45, 7) is 2.38. The summed E-state index contributed by atoms with van der Waals surface area (Å²) in [4.78, 5) is 37.7. The second-order valence-electron chi connectivity index (χ2n) is 6.77. The van der Waals surface area contributed by atoms with Crippen LogP contribution in [-0.4, -0.2) is 48.1 Å². The molecule has 3 rings (SSSR count). The average molecular weight is 409 g/mol. The number of carbonyl (C=O) groups is 3. The summed E-state index contributed by atoms with van der Waals surface area (Å²) in [5, 5.41) is 8.97. The van der Waals surface area contributed by atoms with Gasteiger partial charge in [-0.2, -0.15) is 0 Å². The molecule has 0 aromatic heterocycles. The molecule has 7 nitrogen and oxygen atoms in total. The van der Waals surface area contributed by atoms with Gasteiger partial charge in [-0.1, -0.05) is 31.2 Å². The summed E-state index contributed by atoms with van der Waals surface area (Å²) in [6.07, 6.45) is 2.22. The number of aliphatic carboxylic acids is 1. The number of hydrogen-bond acceptors (Lipinski definition) is 5. The van der Waals surface area contributed by atoms with Crippen molar-refractivity contribution in [3.05, 3.63) is 59.2 Å². The molecule has 2 aromatic rings. The maximum absolute atomic E-state index is 13.1. The van der Waals surface area contributed by atoms with E-state index in [-0.39, 0.29) is 13.0 Å². The maximum Gasteiger partial charge on any atom is 0.305 e. The zero-order valence-corrected chi connectivity index (χ0v) is 16.9. The average Bonchev–Trinajstić information content (AvgIpc) is 2.75. The summed E-state index contributed by atoms with van der Waals surface area (Å²) in [5.41, 5.74) is 1.90. The maximum atomic E-state index is 13.1. The lowest BCUT2D eigenvalue weighted by molar-refractivity contribution is -0.137.